The van der Waals surface area contributed by atoms with E-state index in [0.29, 0.717) is 0 Å². The average Bonchev–Trinajstić information content (AvgIpc) is 3.64. The van der Waals surface area contributed by atoms with Crippen molar-refractivity contribution in [3.63, 3.8) is 0 Å². The first kappa shape index (κ1) is 39.0. The molecule has 7 aromatic rings. The number of aromatic nitrogens is 2. The van der Waals surface area contributed by atoms with E-state index in [1.807, 2.05) is 48.8 Å². The maximum Gasteiger partial charge on any atom is 0.180 e. The molecule has 0 aliphatic carbocycles. The Bertz CT molecular complexity index is 2610. The van der Waals surface area contributed by atoms with Crippen molar-refractivity contribution in [3.8, 4) is 16.9 Å². The topological polar surface area (TPSA) is 65.2 Å². The fraction of sp³-hybridized carbons (Fsp3) is 0.250. The molecule has 6 heterocycles. The predicted molar refractivity (Wildman–Crippen MR) is 238 cm³/mol. The first-order chi connectivity index (χ1) is 28.3. The summed E-state index contributed by atoms with van der Waals surface area (Å²) < 4.78 is 9.84. The molecular weight excluding hydrogens is 741 g/mol. The highest BCUT2D eigenvalue weighted by atomic mass is 32.2. The molecule has 3 aromatic carbocycles. The van der Waals surface area contributed by atoms with Gasteiger partial charge in [0.25, 0.3) is 0 Å². The zero-order valence-corrected chi connectivity index (χ0v) is 34.3. The highest BCUT2D eigenvalue weighted by Crippen LogP contribution is 2.40. The van der Waals surface area contributed by atoms with Crippen molar-refractivity contribution in [2.75, 3.05) is 76.3 Å². The van der Waals surface area contributed by atoms with Crippen LogP contribution >= 0.6 is 11.8 Å². The summed E-state index contributed by atoms with van der Waals surface area (Å²) in [6, 6.07) is 39.9. The summed E-state index contributed by atoms with van der Waals surface area (Å²) in [5.74, 6) is 1.94. The van der Waals surface area contributed by atoms with E-state index in [1.54, 1.807) is 43.1 Å². The lowest BCUT2D eigenvalue weighted by Gasteiger charge is -2.35. The van der Waals surface area contributed by atoms with E-state index in [-0.39, 0.29) is 10.9 Å². The molecule has 9 nitrogen and oxygen atoms in total. The largest absolute Gasteiger partial charge is 0.496 e. The Labute approximate surface area is 344 Å². The number of anilines is 2. The van der Waals surface area contributed by atoms with Crippen molar-refractivity contribution in [3.05, 3.63) is 171 Å². The second-order valence-electron chi connectivity index (χ2n) is 15.1. The number of likely N-dealkylation sites (N-methyl/N-ethyl adjacent to an activating group) is 1. The smallest absolute Gasteiger partial charge is 0.180 e. The van der Waals surface area contributed by atoms with E-state index >= 15 is 0 Å². The SMILES string of the molecule is CN1CCN(c2cn3ccc(=O)ccc3c2Sc2ccccc2)CC1.COc1ccccc1-c1cc(N2CCN(Cc3ccc(C)cc3)CC2)n2ccc(=O)ccc12. The van der Waals surface area contributed by atoms with Gasteiger partial charge in [0.05, 0.1) is 28.7 Å². The van der Waals surface area contributed by atoms with Crippen LogP contribution in [0.4, 0.5) is 11.5 Å². The van der Waals surface area contributed by atoms with Crippen molar-refractivity contribution >= 4 is 34.3 Å². The quantitative estimate of drug-likeness (QED) is 0.155. The lowest BCUT2D eigenvalue weighted by molar-refractivity contribution is 0.249. The number of ether oxygens (including phenoxy) is 1. The molecule has 0 N–H and O–H groups in total. The van der Waals surface area contributed by atoms with Crippen molar-refractivity contribution in [2.24, 2.45) is 0 Å². The van der Waals surface area contributed by atoms with E-state index in [9.17, 15) is 9.59 Å². The molecule has 296 valence electrons. The number of benzene rings is 3. The third-order valence-corrected chi connectivity index (χ3v) is 12.2. The van der Waals surface area contributed by atoms with Gasteiger partial charge in [-0.15, -0.1) is 0 Å². The number of fused-ring (bicyclic) bond motifs is 2. The van der Waals surface area contributed by atoms with Crippen LogP contribution in [-0.4, -0.2) is 85.1 Å². The summed E-state index contributed by atoms with van der Waals surface area (Å²) in [5.41, 5.74) is 8.10. The van der Waals surface area contributed by atoms with Gasteiger partial charge >= 0.3 is 0 Å². The van der Waals surface area contributed by atoms with Gasteiger partial charge in [-0.1, -0.05) is 78.0 Å². The standard InChI is InChI=1S/C28H29N3O2.C20H21N3OS/c1-21-7-9-22(10-8-21)20-29-15-17-30(18-16-29)28-19-25(24-5-3-4-6-27(24)33-2)26-12-11-23(32)13-14-31(26)28;1-21-11-13-22(14-12-21)19-15-23-10-9-16(24)7-8-18(23)20(19)25-17-5-3-2-4-6-17/h3-14,19H,15-18,20H2,1-2H3;2-10,15H,11-14H2,1H3. The van der Waals surface area contributed by atoms with Crippen LogP contribution in [0.15, 0.2) is 159 Å². The van der Waals surface area contributed by atoms with Gasteiger partial charge in [0, 0.05) is 106 Å². The number of methoxy groups -OCH3 is 1. The molecule has 58 heavy (non-hydrogen) atoms. The number of hydrogen-bond acceptors (Lipinski definition) is 8. The van der Waals surface area contributed by atoms with Gasteiger partial charge < -0.3 is 28.2 Å². The number of piperazine rings is 2. The minimum atomic E-state index is -0.00135. The lowest BCUT2D eigenvalue weighted by Crippen LogP contribution is -2.46. The first-order valence-corrected chi connectivity index (χ1v) is 20.8. The third-order valence-electron chi connectivity index (χ3n) is 11.1. The summed E-state index contributed by atoms with van der Waals surface area (Å²) in [4.78, 5) is 36.0. The first-order valence-electron chi connectivity index (χ1n) is 20.0. The predicted octanol–water partition coefficient (Wildman–Crippen LogP) is 7.81. The van der Waals surface area contributed by atoms with Crippen LogP contribution in [-0.2, 0) is 6.54 Å². The Kier molecular flexibility index (Phi) is 12.0. The summed E-state index contributed by atoms with van der Waals surface area (Å²) >= 11 is 1.77. The summed E-state index contributed by atoms with van der Waals surface area (Å²) in [5, 5.41) is 0. The molecule has 0 spiro atoms. The summed E-state index contributed by atoms with van der Waals surface area (Å²) in [6.07, 6.45) is 5.92. The minimum Gasteiger partial charge on any atom is -0.496 e. The molecule has 2 fully saturated rings. The van der Waals surface area contributed by atoms with Crippen LogP contribution in [0.1, 0.15) is 11.1 Å². The molecule has 0 amide bonds. The van der Waals surface area contributed by atoms with Crippen LogP contribution < -0.4 is 25.4 Å². The zero-order valence-electron chi connectivity index (χ0n) is 33.5. The summed E-state index contributed by atoms with van der Waals surface area (Å²) in [6.45, 7) is 11.2. The van der Waals surface area contributed by atoms with Crippen molar-refractivity contribution in [1.29, 1.82) is 0 Å². The van der Waals surface area contributed by atoms with Gasteiger partial charge in [-0.05, 0) is 68.1 Å². The van der Waals surface area contributed by atoms with Gasteiger partial charge in [0.15, 0.2) is 10.9 Å². The Hall–Kier alpha value is -5.81. The van der Waals surface area contributed by atoms with Gasteiger partial charge in [-0.3, -0.25) is 14.5 Å². The molecule has 0 bridgehead atoms. The average molecular weight is 791 g/mol. The Morgan fingerprint density at radius 3 is 2.02 bits per heavy atom. The molecule has 0 saturated carbocycles. The van der Waals surface area contributed by atoms with Crippen LogP contribution in [0, 0.1) is 6.92 Å². The Balaban J connectivity index is 0.000000168. The van der Waals surface area contributed by atoms with E-state index < -0.39 is 0 Å². The monoisotopic (exact) mass is 790 g/mol. The van der Waals surface area contributed by atoms with Gasteiger partial charge in [-0.25, -0.2) is 0 Å². The highest BCUT2D eigenvalue weighted by molar-refractivity contribution is 7.99. The molecule has 9 rings (SSSR count). The Morgan fingerprint density at radius 1 is 0.638 bits per heavy atom. The molecule has 2 saturated heterocycles. The van der Waals surface area contributed by atoms with Gasteiger partial charge in [0.2, 0.25) is 0 Å². The molecule has 2 aliphatic rings. The van der Waals surface area contributed by atoms with E-state index in [1.165, 1.54) is 26.6 Å². The zero-order chi connectivity index (χ0) is 40.0. The van der Waals surface area contributed by atoms with E-state index in [0.717, 1.165) is 92.6 Å². The second-order valence-corrected chi connectivity index (χ2v) is 16.1. The number of para-hydroxylation sites is 1. The maximum absolute atomic E-state index is 12.1. The van der Waals surface area contributed by atoms with Crippen molar-refractivity contribution in [1.82, 2.24) is 18.6 Å². The third kappa shape index (κ3) is 8.84. The van der Waals surface area contributed by atoms with Crippen LogP contribution in [0.25, 0.3) is 22.2 Å². The van der Waals surface area contributed by atoms with Gasteiger partial charge in [-0.2, -0.15) is 0 Å². The van der Waals surface area contributed by atoms with Crippen LogP contribution in [0.3, 0.4) is 0 Å². The number of hydrogen-bond donors (Lipinski definition) is 0. The summed E-state index contributed by atoms with van der Waals surface area (Å²) in [7, 11) is 3.87. The van der Waals surface area contributed by atoms with Crippen molar-refractivity contribution < 1.29 is 4.74 Å². The molecule has 0 unspecified atom stereocenters. The molecule has 0 radical (unpaired) electrons. The highest BCUT2D eigenvalue weighted by Gasteiger charge is 2.23. The van der Waals surface area contributed by atoms with Crippen molar-refractivity contribution in [2.45, 2.75) is 23.3 Å². The molecule has 10 heteroatoms. The number of nitrogens with zero attached hydrogens (tertiary/aromatic N) is 6. The second kappa shape index (κ2) is 17.8. The number of aryl methyl sites for hydroxylation is 1. The minimum absolute atomic E-state index is 0.00135. The molecule has 4 aromatic heterocycles. The van der Waals surface area contributed by atoms with Crippen LogP contribution in [0.5, 0.6) is 5.75 Å². The number of rotatable bonds is 8. The van der Waals surface area contributed by atoms with Crippen LogP contribution in [0.2, 0.25) is 0 Å². The maximum atomic E-state index is 12.1. The molecule has 0 atom stereocenters. The fourth-order valence-corrected chi connectivity index (χ4v) is 8.87. The fourth-order valence-electron chi connectivity index (χ4n) is 7.78. The molecule has 2 aliphatic heterocycles. The van der Waals surface area contributed by atoms with E-state index in [4.69, 9.17) is 4.74 Å². The lowest BCUT2D eigenvalue weighted by atomic mass is 10.1. The van der Waals surface area contributed by atoms with E-state index in [2.05, 4.69) is 109 Å². The molecular formula is C48H50N6O3S. The normalized spacial score (nSPS) is 15.0. The Morgan fingerprint density at radius 2 is 1.29 bits per heavy atom. The van der Waals surface area contributed by atoms with Gasteiger partial charge in [0.1, 0.15) is 11.6 Å².